The molecule has 1 N–H and O–H groups in total. The van der Waals surface area contributed by atoms with E-state index in [0.29, 0.717) is 22.9 Å². The van der Waals surface area contributed by atoms with E-state index < -0.39 is 4.92 Å². The Bertz CT molecular complexity index is 606. The first-order valence-electron chi connectivity index (χ1n) is 5.87. The van der Waals surface area contributed by atoms with Crippen LogP contribution < -0.4 is 14.8 Å². The molecule has 104 valence electrons. The molecule has 0 amide bonds. The zero-order valence-corrected chi connectivity index (χ0v) is 11.1. The molecule has 0 spiro atoms. The van der Waals surface area contributed by atoms with Crippen LogP contribution in [0.2, 0.25) is 0 Å². The van der Waals surface area contributed by atoms with Crippen molar-refractivity contribution in [2.24, 2.45) is 0 Å². The maximum absolute atomic E-state index is 11.0. The van der Waals surface area contributed by atoms with Crippen molar-refractivity contribution >= 4 is 17.1 Å². The van der Waals surface area contributed by atoms with E-state index in [1.807, 2.05) is 0 Å². The van der Waals surface area contributed by atoms with E-state index in [1.54, 1.807) is 50.6 Å². The second-order valence-corrected chi connectivity index (χ2v) is 4.00. The molecule has 0 aliphatic rings. The van der Waals surface area contributed by atoms with Crippen LogP contribution >= 0.6 is 0 Å². The topological polar surface area (TPSA) is 73.6 Å². The summed E-state index contributed by atoms with van der Waals surface area (Å²) in [6.45, 7) is 0. The van der Waals surface area contributed by atoms with Crippen LogP contribution in [0.1, 0.15) is 0 Å². The van der Waals surface area contributed by atoms with Crippen LogP contribution in [0.3, 0.4) is 0 Å². The molecule has 6 nitrogen and oxygen atoms in total. The third-order valence-corrected chi connectivity index (χ3v) is 2.73. The summed E-state index contributed by atoms with van der Waals surface area (Å²) in [7, 11) is 3.09. The summed E-state index contributed by atoms with van der Waals surface area (Å²) >= 11 is 0. The van der Waals surface area contributed by atoms with Gasteiger partial charge in [0, 0.05) is 30.0 Å². The van der Waals surface area contributed by atoms with Gasteiger partial charge < -0.3 is 14.8 Å². The van der Waals surface area contributed by atoms with Crippen molar-refractivity contribution in [3.8, 4) is 11.5 Å². The van der Waals surface area contributed by atoms with E-state index >= 15 is 0 Å². The molecule has 0 radical (unpaired) electrons. The minimum atomic E-state index is -0.431. The van der Waals surface area contributed by atoms with E-state index in [9.17, 15) is 10.1 Å². The van der Waals surface area contributed by atoms with Crippen molar-refractivity contribution in [2.45, 2.75) is 0 Å². The Kier molecular flexibility index (Phi) is 4.05. The fourth-order valence-electron chi connectivity index (χ4n) is 1.77. The van der Waals surface area contributed by atoms with Crippen LogP contribution in [-0.4, -0.2) is 19.1 Å². The molecule has 2 aromatic rings. The lowest BCUT2D eigenvalue weighted by Gasteiger charge is -2.10. The molecule has 0 aromatic heterocycles. The molecule has 0 fully saturated rings. The fourth-order valence-corrected chi connectivity index (χ4v) is 1.77. The molecule has 0 bridgehead atoms. The highest BCUT2D eigenvalue weighted by Crippen LogP contribution is 2.31. The van der Waals surface area contributed by atoms with Gasteiger partial charge in [-0.1, -0.05) is 12.1 Å². The second-order valence-electron chi connectivity index (χ2n) is 4.00. The zero-order valence-electron chi connectivity index (χ0n) is 11.1. The summed E-state index contributed by atoms with van der Waals surface area (Å²) in [5, 5.41) is 14.0. The normalized spacial score (nSPS) is 9.90. The van der Waals surface area contributed by atoms with Crippen LogP contribution in [0.15, 0.2) is 42.5 Å². The molecule has 0 saturated heterocycles. The Labute approximate surface area is 116 Å². The first-order valence-corrected chi connectivity index (χ1v) is 5.87. The largest absolute Gasteiger partial charge is 0.497 e. The number of nitro benzene ring substituents is 1. The monoisotopic (exact) mass is 274 g/mol. The molecule has 0 saturated carbocycles. The number of hydrogen-bond acceptors (Lipinski definition) is 5. The summed E-state index contributed by atoms with van der Waals surface area (Å²) in [5.74, 6) is 1.20. The Balaban J connectivity index is 2.37. The van der Waals surface area contributed by atoms with E-state index in [-0.39, 0.29) is 5.69 Å². The van der Waals surface area contributed by atoms with Gasteiger partial charge in [0.25, 0.3) is 5.69 Å². The number of methoxy groups -OCH3 is 2. The minimum Gasteiger partial charge on any atom is -0.497 e. The molecule has 2 aromatic carbocycles. The first-order chi connectivity index (χ1) is 9.63. The molecular weight excluding hydrogens is 260 g/mol. The van der Waals surface area contributed by atoms with Crippen LogP contribution in [0.4, 0.5) is 17.1 Å². The third kappa shape index (κ3) is 2.97. The molecule has 0 heterocycles. The number of hydrogen-bond donors (Lipinski definition) is 1. The number of benzene rings is 2. The molecule has 0 aliphatic heterocycles. The quantitative estimate of drug-likeness (QED) is 0.668. The standard InChI is InChI=1S/C14H14N2O4/c1-19-11-7-10(8-12(9-11)20-2)15-13-5-3-4-6-14(13)16(17)18/h3-9,15H,1-2H3. The summed E-state index contributed by atoms with van der Waals surface area (Å²) in [4.78, 5) is 10.5. The van der Waals surface area contributed by atoms with Gasteiger partial charge in [0.2, 0.25) is 0 Å². The van der Waals surface area contributed by atoms with E-state index in [0.717, 1.165) is 0 Å². The van der Waals surface area contributed by atoms with Crippen LogP contribution in [0.5, 0.6) is 11.5 Å². The van der Waals surface area contributed by atoms with Gasteiger partial charge in [-0.05, 0) is 6.07 Å². The second kappa shape index (κ2) is 5.92. The number of nitrogens with one attached hydrogen (secondary N) is 1. The predicted molar refractivity (Wildman–Crippen MR) is 75.9 cm³/mol. The number of rotatable bonds is 5. The SMILES string of the molecule is COc1cc(Nc2ccccc2[N+](=O)[O-])cc(OC)c1. The van der Waals surface area contributed by atoms with Crippen molar-refractivity contribution in [3.05, 3.63) is 52.6 Å². The minimum absolute atomic E-state index is 0.00860. The average Bonchev–Trinajstić information content (AvgIpc) is 2.47. The summed E-state index contributed by atoms with van der Waals surface area (Å²) in [6.07, 6.45) is 0. The molecule has 2 rings (SSSR count). The maximum Gasteiger partial charge on any atom is 0.292 e. The number of nitrogens with zero attached hydrogens (tertiary/aromatic N) is 1. The lowest BCUT2D eigenvalue weighted by molar-refractivity contribution is -0.383. The Hall–Kier alpha value is -2.76. The van der Waals surface area contributed by atoms with Gasteiger partial charge in [0.15, 0.2) is 0 Å². The average molecular weight is 274 g/mol. The number of anilines is 2. The lowest BCUT2D eigenvalue weighted by Crippen LogP contribution is -1.97. The smallest absolute Gasteiger partial charge is 0.292 e. The zero-order chi connectivity index (χ0) is 14.5. The summed E-state index contributed by atoms with van der Waals surface area (Å²) < 4.78 is 10.3. The lowest BCUT2D eigenvalue weighted by atomic mass is 10.2. The number of para-hydroxylation sites is 2. The highest BCUT2D eigenvalue weighted by molar-refractivity contribution is 5.70. The van der Waals surface area contributed by atoms with Crippen LogP contribution in [-0.2, 0) is 0 Å². The summed E-state index contributed by atoms with van der Waals surface area (Å²) in [6, 6.07) is 11.6. The molecular formula is C14H14N2O4. The first kappa shape index (κ1) is 13.7. The Morgan fingerprint density at radius 1 is 1.05 bits per heavy atom. The van der Waals surface area contributed by atoms with Crippen LogP contribution in [0, 0.1) is 10.1 Å². The number of nitro groups is 1. The van der Waals surface area contributed by atoms with Gasteiger partial charge >= 0.3 is 0 Å². The van der Waals surface area contributed by atoms with Crippen LogP contribution in [0.25, 0.3) is 0 Å². The molecule has 0 aliphatic carbocycles. The molecule has 0 unspecified atom stereocenters. The van der Waals surface area contributed by atoms with Crippen molar-refractivity contribution in [1.82, 2.24) is 0 Å². The van der Waals surface area contributed by atoms with E-state index in [2.05, 4.69) is 5.32 Å². The van der Waals surface area contributed by atoms with Crippen molar-refractivity contribution in [1.29, 1.82) is 0 Å². The highest BCUT2D eigenvalue weighted by atomic mass is 16.6. The maximum atomic E-state index is 11.0. The number of ether oxygens (including phenoxy) is 2. The van der Waals surface area contributed by atoms with E-state index in [4.69, 9.17) is 9.47 Å². The Morgan fingerprint density at radius 3 is 2.20 bits per heavy atom. The van der Waals surface area contributed by atoms with Gasteiger partial charge in [-0.15, -0.1) is 0 Å². The third-order valence-electron chi connectivity index (χ3n) is 2.73. The summed E-state index contributed by atoms with van der Waals surface area (Å²) in [5.41, 5.74) is 1.07. The van der Waals surface area contributed by atoms with Gasteiger partial charge in [-0.25, -0.2) is 0 Å². The van der Waals surface area contributed by atoms with E-state index in [1.165, 1.54) is 6.07 Å². The van der Waals surface area contributed by atoms with Gasteiger partial charge in [0.1, 0.15) is 17.2 Å². The van der Waals surface area contributed by atoms with Crippen molar-refractivity contribution in [2.75, 3.05) is 19.5 Å². The highest BCUT2D eigenvalue weighted by Gasteiger charge is 2.13. The molecule has 6 heteroatoms. The fraction of sp³-hybridized carbons (Fsp3) is 0.143. The predicted octanol–water partition coefficient (Wildman–Crippen LogP) is 3.36. The molecule has 20 heavy (non-hydrogen) atoms. The van der Waals surface area contributed by atoms with Crippen molar-refractivity contribution < 1.29 is 14.4 Å². The Morgan fingerprint density at radius 2 is 1.65 bits per heavy atom. The molecule has 0 atom stereocenters. The van der Waals surface area contributed by atoms with Gasteiger partial charge in [0.05, 0.1) is 19.1 Å². The van der Waals surface area contributed by atoms with Crippen molar-refractivity contribution in [3.63, 3.8) is 0 Å². The van der Waals surface area contributed by atoms with Gasteiger partial charge in [-0.3, -0.25) is 10.1 Å². The van der Waals surface area contributed by atoms with Gasteiger partial charge in [-0.2, -0.15) is 0 Å².